The SMILES string of the molecule is CC(=O)NCC#Cc1ccc(C(=O)C(C)C)cc1. The second-order valence-corrected chi connectivity index (χ2v) is 4.31. The lowest BCUT2D eigenvalue weighted by Gasteiger charge is -2.03. The molecule has 0 bridgehead atoms. The predicted molar refractivity (Wildman–Crippen MR) is 71.2 cm³/mol. The molecule has 3 nitrogen and oxygen atoms in total. The molecule has 0 heterocycles. The monoisotopic (exact) mass is 243 g/mol. The van der Waals surface area contributed by atoms with Gasteiger partial charge in [-0.25, -0.2) is 0 Å². The molecule has 0 saturated heterocycles. The highest BCUT2D eigenvalue weighted by Crippen LogP contribution is 2.09. The summed E-state index contributed by atoms with van der Waals surface area (Å²) >= 11 is 0. The van der Waals surface area contributed by atoms with Crippen LogP contribution < -0.4 is 5.32 Å². The summed E-state index contributed by atoms with van der Waals surface area (Å²) in [5, 5.41) is 2.59. The van der Waals surface area contributed by atoms with Crippen molar-refractivity contribution in [2.75, 3.05) is 6.54 Å². The zero-order valence-electron chi connectivity index (χ0n) is 10.9. The number of rotatable bonds is 3. The molecule has 0 radical (unpaired) electrons. The third kappa shape index (κ3) is 4.42. The van der Waals surface area contributed by atoms with Crippen molar-refractivity contribution in [2.24, 2.45) is 5.92 Å². The maximum atomic E-state index is 11.7. The van der Waals surface area contributed by atoms with Crippen LogP contribution in [0.5, 0.6) is 0 Å². The molecule has 18 heavy (non-hydrogen) atoms. The Kier molecular flexibility index (Phi) is 5.13. The van der Waals surface area contributed by atoms with Gasteiger partial charge < -0.3 is 5.32 Å². The van der Waals surface area contributed by atoms with Gasteiger partial charge in [0.15, 0.2) is 5.78 Å². The highest BCUT2D eigenvalue weighted by molar-refractivity contribution is 5.97. The molecule has 0 spiro atoms. The lowest BCUT2D eigenvalue weighted by molar-refractivity contribution is -0.118. The quantitative estimate of drug-likeness (QED) is 0.652. The summed E-state index contributed by atoms with van der Waals surface area (Å²) in [6, 6.07) is 7.20. The van der Waals surface area contributed by atoms with E-state index in [4.69, 9.17) is 0 Å². The summed E-state index contributed by atoms with van der Waals surface area (Å²) in [6.45, 7) is 5.54. The standard InChI is InChI=1S/C15H17NO2/c1-11(2)15(18)14-8-6-13(7-9-14)5-4-10-16-12(3)17/h6-9,11H,10H2,1-3H3,(H,16,17). The van der Waals surface area contributed by atoms with Gasteiger partial charge in [0.2, 0.25) is 5.91 Å². The van der Waals surface area contributed by atoms with Gasteiger partial charge in [-0.3, -0.25) is 9.59 Å². The van der Waals surface area contributed by atoms with E-state index in [0.29, 0.717) is 12.1 Å². The molecule has 1 N–H and O–H groups in total. The Bertz CT molecular complexity index is 489. The fraction of sp³-hybridized carbons (Fsp3) is 0.333. The van der Waals surface area contributed by atoms with Crippen LogP contribution in [0.1, 0.15) is 36.7 Å². The molecule has 0 aliphatic heterocycles. The minimum Gasteiger partial charge on any atom is -0.345 e. The van der Waals surface area contributed by atoms with Crippen LogP contribution in [0.4, 0.5) is 0 Å². The van der Waals surface area contributed by atoms with Gasteiger partial charge in [0.05, 0.1) is 6.54 Å². The van der Waals surface area contributed by atoms with Crippen molar-refractivity contribution < 1.29 is 9.59 Å². The molecule has 1 amide bonds. The highest BCUT2D eigenvalue weighted by atomic mass is 16.1. The summed E-state index contributed by atoms with van der Waals surface area (Å²) in [5.74, 6) is 5.80. The first-order valence-corrected chi connectivity index (χ1v) is 5.88. The van der Waals surface area contributed by atoms with Crippen molar-refractivity contribution in [3.63, 3.8) is 0 Å². The van der Waals surface area contributed by atoms with Crippen LogP contribution in [0.15, 0.2) is 24.3 Å². The van der Waals surface area contributed by atoms with Crippen molar-refractivity contribution in [1.82, 2.24) is 5.32 Å². The number of nitrogens with one attached hydrogen (secondary N) is 1. The average Bonchev–Trinajstić information content (AvgIpc) is 2.34. The molecule has 0 aromatic heterocycles. The van der Waals surface area contributed by atoms with Gasteiger partial charge in [-0.05, 0) is 12.1 Å². The molecule has 3 heteroatoms. The fourth-order valence-electron chi connectivity index (χ4n) is 1.37. The van der Waals surface area contributed by atoms with E-state index in [1.54, 1.807) is 12.1 Å². The molecule has 94 valence electrons. The third-order valence-electron chi connectivity index (χ3n) is 2.35. The number of benzene rings is 1. The first-order chi connectivity index (χ1) is 8.50. The molecule has 0 saturated carbocycles. The third-order valence-corrected chi connectivity index (χ3v) is 2.35. The first-order valence-electron chi connectivity index (χ1n) is 5.88. The molecule has 0 atom stereocenters. The van der Waals surface area contributed by atoms with Gasteiger partial charge in [0, 0.05) is 24.0 Å². The van der Waals surface area contributed by atoms with E-state index >= 15 is 0 Å². The van der Waals surface area contributed by atoms with Gasteiger partial charge in [-0.2, -0.15) is 0 Å². The minimum absolute atomic E-state index is 0.00157. The Morgan fingerprint density at radius 3 is 2.33 bits per heavy atom. The van der Waals surface area contributed by atoms with E-state index in [1.165, 1.54) is 6.92 Å². The number of carbonyl (C=O) groups excluding carboxylic acids is 2. The fourth-order valence-corrected chi connectivity index (χ4v) is 1.37. The van der Waals surface area contributed by atoms with Crippen molar-refractivity contribution in [2.45, 2.75) is 20.8 Å². The highest BCUT2D eigenvalue weighted by Gasteiger charge is 2.09. The van der Waals surface area contributed by atoms with Crippen LogP contribution >= 0.6 is 0 Å². The van der Waals surface area contributed by atoms with Gasteiger partial charge >= 0.3 is 0 Å². The summed E-state index contributed by atoms with van der Waals surface area (Å²) < 4.78 is 0. The summed E-state index contributed by atoms with van der Waals surface area (Å²) in [7, 11) is 0. The van der Waals surface area contributed by atoms with Crippen molar-refractivity contribution in [3.8, 4) is 11.8 Å². The number of hydrogen-bond donors (Lipinski definition) is 1. The number of Topliss-reactive ketones (excluding diaryl/α,β-unsaturated/α-hetero) is 1. The van der Waals surface area contributed by atoms with Gasteiger partial charge in [-0.15, -0.1) is 0 Å². The Labute approximate surface area is 108 Å². The van der Waals surface area contributed by atoms with E-state index in [-0.39, 0.29) is 17.6 Å². The van der Waals surface area contributed by atoms with E-state index < -0.39 is 0 Å². The second kappa shape index (κ2) is 6.61. The van der Waals surface area contributed by atoms with Gasteiger partial charge in [0.25, 0.3) is 0 Å². The Morgan fingerprint density at radius 1 is 1.22 bits per heavy atom. The molecular weight excluding hydrogens is 226 g/mol. The number of carbonyl (C=O) groups is 2. The molecule has 0 fully saturated rings. The summed E-state index contributed by atoms with van der Waals surface area (Å²) in [4.78, 5) is 22.3. The first kappa shape index (κ1) is 14.0. The molecule has 1 aromatic carbocycles. The van der Waals surface area contributed by atoms with Crippen LogP contribution in [-0.4, -0.2) is 18.2 Å². The number of amides is 1. The normalized spacial score (nSPS) is 9.56. The topological polar surface area (TPSA) is 46.2 Å². The zero-order chi connectivity index (χ0) is 13.5. The number of hydrogen-bond acceptors (Lipinski definition) is 2. The molecule has 0 unspecified atom stereocenters. The lowest BCUT2D eigenvalue weighted by atomic mass is 10.0. The maximum absolute atomic E-state index is 11.7. The lowest BCUT2D eigenvalue weighted by Crippen LogP contribution is -2.19. The zero-order valence-corrected chi connectivity index (χ0v) is 10.9. The Balaban J connectivity index is 2.66. The molecule has 1 rings (SSSR count). The molecule has 0 aliphatic carbocycles. The van der Waals surface area contributed by atoms with E-state index in [9.17, 15) is 9.59 Å². The average molecular weight is 243 g/mol. The maximum Gasteiger partial charge on any atom is 0.217 e. The molecule has 1 aromatic rings. The Hall–Kier alpha value is -2.08. The summed E-state index contributed by atoms with van der Waals surface area (Å²) in [5.41, 5.74) is 1.54. The smallest absolute Gasteiger partial charge is 0.217 e. The van der Waals surface area contributed by atoms with E-state index in [0.717, 1.165) is 5.56 Å². The van der Waals surface area contributed by atoms with Crippen LogP contribution in [-0.2, 0) is 4.79 Å². The second-order valence-electron chi connectivity index (χ2n) is 4.31. The summed E-state index contributed by atoms with van der Waals surface area (Å²) in [6.07, 6.45) is 0. The van der Waals surface area contributed by atoms with Crippen LogP contribution in [0, 0.1) is 17.8 Å². The Morgan fingerprint density at radius 2 is 1.83 bits per heavy atom. The van der Waals surface area contributed by atoms with Crippen molar-refractivity contribution >= 4 is 11.7 Å². The van der Waals surface area contributed by atoms with Crippen molar-refractivity contribution in [3.05, 3.63) is 35.4 Å². The van der Waals surface area contributed by atoms with E-state index in [2.05, 4.69) is 17.2 Å². The number of ketones is 1. The molecular formula is C15H17NO2. The van der Waals surface area contributed by atoms with Gasteiger partial charge in [0.1, 0.15) is 0 Å². The van der Waals surface area contributed by atoms with Crippen LogP contribution in [0.3, 0.4) is 0 Å². The predicted octanol–water partition coefficient (Wildman–Crippen LogP) is 2.01. The minimum atomic E-state index is -0.0952. The van der Waals surface area contributed by atoms with Crippen LogP contribution in [0.25, 0.3) is 0 Å². The van der Waals surface area contributed by atoms with Crippen LogP contribution in [0.2, 0.25) is 0 Å². The molecule has 0 aliphatic rings. The largest absolute Gasteiger partial charge is 0.345 e. The van der Waals surface area contributed by atoms with E-state index in [1.807, 2.05) is 26.0 Å². The van der Waals surface area contributed by atoms with Gasteiger partial charge in [-0.1, -0.05) is 37.8 Å². The van der Waals surface area contributed by atoms with Crippen molar-refractivity contribution in [1.29, 1.82) is 0 Å².